The van der Waals surface area contributed by atoms with Crippen LogP contribution < -0.4 is 0 Å². The molecule has 0 saturated heterocycles. The van der Waals surface area contributed by atoms with Crippen molar-refractivity contribution in [1.82, 2.24) is 14.1 Å². The Hall–Kier alpha value is -1.07. The summed E-state index contributed by atoms with van der Waals surface area (Å²) in [5.74, 6) is 0. The Bertz CT molecular complexity index is 956. The molecule has 7 heteroatoms. The van der Waals surface area contributed by atoms with Gasteiger partial charge in [-0.15, -0.1) is 0 Å². The van der Waals surface area contributed by atoms with Crippen LogP contribution in [0.5, 0.6) is 0 Å². The van der Waals surface area contributed by atoms with E-state index in [0.717, 1.165) is 30.4 Å². The van der Waals surface area contributed by atoms with Gasteiger partial charge in [0.15, 0.2) is 0 Å². The lowest BCUT2D eigenvalue weighted by Crippen LogP contribution is -2.52. The van der Waals surface area contributed by atoms with Crippen molar-refractivity contribution in [2.24, 2.45) is 5.41 Å². The van der Waals surface area contributed by atoms with E-state index in [9.17, 15) is 5.11 Å². The SMILES string of the molecule is CC.CC1(C)CCC/C(=C/c2ccccc2)C1(O)Cn1ncn(P(C)(C)=S)c1=S. The van der Waals surface area contributed by atoms with Crippen LogP contribution in [0.25, 0.3) is 6.08 Å². The lowest BCUT2D eigenvalue weighted by atomic mass is 9.62. The summed E-state index contributed by atoms with van der Waals surface area (Å²) in [7, 11) is 0. The molecule has 0 amide bonds. The molecule has 0 spiro atoms. The van der Waals surface area contributed by atoms with Gasteiger partial charge in [-0.2, -0.15) is 5.10 Å². The van der Waals surface area contributed by atoms with E-state index >= 15 is 0 Å². The summed E-state index contributed by atoms with van der Waals surface area (Å²) in [6.07, 6.45) is 5.02. The van der Waals surface area contributed by atoms with Crippen LogP contribution in [-0.4, -0.2) is 38.2 Å². The average Bonchev–Trinajstić information content (AvgIpc) is 3.02. The van der Waals surface area contributed by atoms with Crippen LogP contribution in [0.2, 0.25) is 0 Å². The third kappa shape index (κ3) is 5.16. The van der Waals surface area contributed by atoms with Crippen LogP contribution in [0.1, 0.15) is 52.5 Å². The van der Waals surface area contributed by atoms with Gasteiger partial charge in [0, 0.05) is 6.19 Å². The predicted octanol–water partition coefficient (Wildman–Crippen LogP) is 5.97. The molecule has 1 atom stereocenters. The second-order valence-corrected chi connectivity index (χ2v) is 14.5. The molecule has 0 bridgehead atoms. The molecule has 2 aromatic rings. The number of hydrogen-bond donors (Lipinski definition) is 1. The second kappa shape index (κ2) is 9.38. The molecule has 1 fully saturated rings. The molecule has 0 aliphatic heterocycles. The highest BCUT2D eigenvalue weighted by Gasteiger charge is 2.49. The fourth-order valence-electron chi connectivity index (χ4n) is 3.81. The quantitative estimate of drug-likeness (QED) is 0.460. The molecule has 1 aliphatic rings. The maximum Gasteiger partial charge on any atom is 0.201 e. The van der Waals surface area contributed by atoms with Gasteiger partial charge < -0.3 is 5.11 Å². The van der Waals surface area contributed by atoms with Gasteiger partial charge in [0.2, 0.25) is 4.77 Å². The number of rotatable bonds is 4. The topological polar surface area (TPSA) is 43.0 Å². The van der Waals surface area contributed by atoms with E-state index in [2.05, 4.69) is 37.2 Å². The Kier molecular flexibility index (Phi) is 7.83. The lowest BCUT2D eigenvalue weighted by Gasteiger charge is -2.48. The van der Waals surface area contributed by atoms with E-state index in [1.807, 2.05) is 49.7 Å². The highest BCUT2D eigenvalue weighted by atomic mass is 32.4. The smallest absolute Gasteiger partial charge is 0.201 e. The number of nitrogens with zero attached hydrogens (tertiary/aromatic N) is 3. The molecule has 3 rings (SSSR count). The van der Waals surface area contributed by atoms with Crippen molar-refractivity contribution in [2.75, 3.05) is 13.3 Å². The molecule has 0 radical (unpaired) electrons. The van der Waals surface area contributed by atoms with Crippen LogP contribution in [0.15, 0.2) is 42.2 Å². The van der Waals surface area contributed by atoms with Gasteiger partial charge in [-0.1, -0.05) is 75.9 Å². The van der Waals surface area contributed by atoms with Gasteiger partial charge in [0.25, 0.3) is 0 Å². The van der Waals surface area contributed by atoms with Crippen LogP contribution in [0, 0.1) is 10.2 Å². The Morgan fingerprint density at radius 1 is 1.21 bits per heavy atom. The predicted molar refractivity (Wildman–Crippen MR) is 131 cm³/mol. The van der Waals surface area contributed by atoms with E-state index in [0.29, 0.717) is 11.3 Å². The summed E-state index contributed by atoms with van der Waals surface area (Å²) in [5, 5.41) is 16.4. The summed E-state index contributed by atoms with van der Waals surface area (Å²) in [6, 6.07) is 10.2. The molecule has 1 heterocycles. The second-order valence-electron chi connectivity index (χ2n) is 8.39. The van der Waals surface area contributed by atoms with E-state index in [-0.39, 0.29) is 5.41 Å². The number of aromatic nitrogens is 3. The third-order valence-corrected chi connectivity index (χ3v) is 8.05. The molecule has 1 aliphatic carbocycles. The van der Waals surface area contributed by atoms with Crippen molar-refractivity contribution < 1.29 is 5.11 Å². The molecular weight excluding hydrogens is 417 g/mol. The Morgan fingerprint density at radius 3 is 2.38 bits per heavy atom. The molecule has 1 aromatic heterocycles. The van der Waals surface area contributed by atoms with Gasteiger partial charge in [0.1, 0.15) is 11.9 Å². The monoisotopic (exact) mass is 451 g/mol. The Balaban J connectivity index is 0.00000145. The van der Waals surface area contributed by atoms with Crippen molar-refractivity contribution in [3.63, 3.8) is 0 Å². The molecule has 4 nitrogen and oxygen atoms in total. The highest BCUT2D eigenvalue weighted by molar-refractivity contribution is 8.13. The van der Waals surface area contributed by atoms with E-state index in [4.69, 9.17) is 24.0 Å². The van der Waals surface area contributed by atoms with Gasteiger partial charge in [-0.3, -0.25) is 4.34 Å². The summed E-state index contributed by atoms with van der Waals surface area (Å²) in [5.41, 5.74) is 0.871. The molecule has 1 unspecified atom stereocenters. The zero-order valence-electron chi connectivity index (χ0n) is 18.4. The van der Waals surface area contributed by atoms with Crippen molar-refractivity contribution in [3.8, 4) is 0 Å². The molecule has 160 valence electrons. The maximum atomic E-state index is 11.9. The number of aliphatic hydroxyl groups is 1. The fourth-order valence-corrected chi connectivity index (χ4v) is 5.91. The van der Waals surface area contributed by atoms with E-state index < -0.39 is 11.8 Å². The van der Waals surface area contributed by atoms with E-state index in [1.165, 1.54) is 0 Å². The minimum absolute atomic E-state index is 0.275. The Labute approximate surface area is 185 Å². The van der Waals surface area contributed by atoms with Crippen molar-refractivity contribution in [1.29, 1.82) is 0 Å². The first-order valence-electron chi connectivity index (χ1n) is 10.2. The molecular formula is C22H34N3OPS2. The molecule has 29 heavy (non-hydrogen) atoms. The lowest BCUT2D eigenvalue weighted by molar-refractivity contribution is -0.0694. The highest BCUT2D eigenvalue weighted by Crippen LogP contribution is 2.48. The van der Waals surface area contributed by atoms with Gasteiger partial charge >= 0.3 is 0 Å². The van der Waals surface area contributed by atoms with Crippen LogP contribution in [0.3, 0.4) is 0 Å². The fraction of sp³-hybridized carbons (Fsp3) is 0.545. The van der Waals surface area contributed by atoms with E-state index in [1.54, 1.807) is 11.0 Å². The standard InChI is InChI=1S/C20H28N3OPS2.C2H6/c1-19(2)12-8-11-17(13-16-9-6-5-7-10-16)20(19,24)14-22-18(26)23(15-21-22)25(3,4)27;1-2/h5-7,9-10,13,15,24H,8,11-12,14H2,1-4H3;1-2H3/b17-13-;. The van der Waals surface area contributed by atoms with Crippen molar-refractivity contribution >= 4 is 36.3 Å². The molecule has 1 aromatic carbocycles. The molecule has 1 saturated carbocycles. The zero-order chi connectivity index (χ0) is 21.9. The number of hydrogen-bond acceptors (Lipinski definition) is 4. The minimum atomic E-state index is -1.75. The maximum absolute atomic E-state index is 11.9. The first-order chi connectivity index (χ1) is 13.5. The normalized spacial score (nSPS) is 22.8. The molecule has 1 N–H and O–H groups in total. The first-order valence-corrected chi connectivity index (χ1v) is 14.3. The van der Waals surface area contributed by atoms with Gasteiger partial charge in [-0.25, -0.2) is 4.68 Å². The third-order valence-electron chi connectivity index (χ3n) is 5.65. The Morgan fingerprint density at radius 2 is 1.83 bits per heavy atom. The van der Waals surface area contributed by atoms with Gasteiger partial charge in [0.05, 0.1) is 6.54 Å². The largest absolute Gasteiger partial charge is 0.383 e. The zero-order valence-corrected chi connectivity index (χ0v) is 20.9. The van der Waals surface area contributed by atoms with Gasteiger partial charge in [-0.05, 0) is 61.4 Å². The van der Waals surface area contributed by atoms with Crippen LogP contribution in [-0.2, 0) is 18.4 Å². The summed E-state index contributed by atoms with van der Waals surface area (Å²) >= 11 is 11.2. The first kappa shape index (κ1) is 24.2. The summed E-state index contributed by atoms with van der Waals surface area (Å²) in [6.45, 7) is 12.7. The van der Waals surface area contributed by atoms with Crippen molar-refractivity contribution in [3.05, 3.63) is 52.6 Å². The minimum Gasteiger partial charge on any atom is -0.383 e. The summed E-state index contributed by atoms with van der Waals surface area (Å²) < 4.78 is 4.25. The average molecular weight is 452 g/mol. The van der Waals surface area contributed by atoms with Crippen molar-refractivity contribution in [2.45, 2.75) is 59.1 Å². The van der Waals surface area contributed by atoms with Crippen LogP contribution in [0.4, 0.5) is 0 Å². The van der Waals surface area contributed by atoms with Crippen LogP contribution >= 0.6 is 18.4 Å². The number of benzene rings is 1. The summed E-state index contributed by atoms with van der Waals surface area (Å²) in [4.78, 5) is 0.